The summed E-state index contributed by atoms with van der Waals surface area (Å²) in [5, 5.41) is 15.2. The molecule has 8 nitrogen and oxygen atoms in total. The molecule has 0 spiro atoms. The van der Waals surface area contributed by atoms with Crippen LogP contribution in [0.15, 0.2) is 84.9 Å². The van der Waals surface area contributed by atoms with Crippen LogP contribution in [0, 0.1) is 0 Å². The van der Waals surface area contributed by atoms with Crippen molar-refractivity contribution in [2.75, 3.05) is 13.7 Å². The smallest absolute Gasteiger partial charge is 0.407 e. The molecule has 2 amide bonds. The fraction of sp³-hybridized carbons (Fsp3) is 0.250. The van der Waals surface area contributed by atoms with E-state index in [1.807, 2.05) is 84.9 Å². The number of aliphatic hydroxyl groups excluding tert-OH is 1. The van der Waals surface area contributed by atoms with Gasteiger partial charge in [-0.2, -0.15) is 0 Å². The van der Waals surface area contributed by atoms with Crippen LogP contribution in [0.5, 0.6) is 0 Å². The Labute approximate surface area is 210 Å². The average Bonchev–Trinajstić information content (AvgIpc) is 2.91. The fourth-order valence-electron chi connectivity index (χ4n) is 3.55. The van der Waals surface area contributed by atoms with E-state index in [0.717, 1.165) is 22.3 Å². The topological polar surface area (TPSA) is 114 Å². The van der Waals surface area contributed by atoms with Gasteiger partial charge < -0.3 is 25.2 Å². The van der Waals surface area contributed by atoms with Crippen LogP contribution in [-0.4, -0.2) is 48.9 Å². The summed E-state index contributed by atoms with van der Waals surface area (Å²) in [5.74, 6) is -1.13. The number of rotatable bonds is 11. The van der Waals surface area contributed by atoms with E-state index in [1.54, 1.807) is 0 Å². The minimum absolute atomic E-state index is 0.0936. The van der Waals surface area contributed by atoms with Crippen LogP contribution in [0.25, 0.3) is 11.1 Å². The largest absolute Gasteiger partial charge is 0.467 e. The third-order valence-corrected chi connectivity index (χ3v) is 5.44. The van der Waals surface area contributed by atoms with Gasteiger partial charge in [-0.05, 0) is 22.3 Å². The Morgan fingerprint density at radius 1 is 0.833 bits per heavy atom. The van der Waals surface area contributed by atoms with Crippen LogP contribution < -0.4 is 10.6 Å². The van der Waals surface area contributed by atoms with Crippen molar-refractivity contribution in [1.82, 2.24) is 10.6 Å². The maximum atomic E-state index is 12.4. The van der Waals surface area contributed by atoms with Gasteiger partial charge in [0.15, 0.2) is 0 Å². The number of ether oxygens (including phenoxy) is 2. The number of hydrogen-bond donors (Lipinski definition) is 3. The Morgan fingerprint density at radius 2 is 1.44 bits per heavy atom. The van der Waals surface area contributed by atoms with E-state index in [9.17, 15) is 19.5 Å². The standard InChI is InChI=1S/C28H30N2O6/c1-35-27(33)25(16-20-12-14-23(15-13-20)22-10-6-3-7-11-22)30-26(32)17-24(31)18-29-28(34)36-19-21-8-4-2-5-9-21/h2-15,24-25,31H,16-19H2,1H3,(H,29,34)(H,30,32)/t24-,25-/m1/s1. The maximum absolute atomic E-state index is 12.4. The van der Waals surface area contributed by atoms with Crippen molar-refractivity contribution in [3.63, 3.8) is 0 Å². The van der Waals surface area contributed by atoms with Crippen LogP contribution in [0.2, 0.25) is 0 Å². The molecule has 0 saturated carbocycles. The molecule has 0 bridgehead atoms. The minimum Gasteiger partial charge on any atom is -0.467 e. The molecule has 0 unspecified atom stereocenters. The SMILES string of the molecule is COC(=O)[C@@H](Cc1ccc(-c2ccccc2)cc1)NC(=O)C[C@@H](O)CNC(=O)OCc1ccccc1. The van der Waals surface area contributed by atoms with Gasteiger partial charge in [0.05, 0.1) is 19.6 Å². The van der Waals surface area contributed by atoms with Crippen molar-refractivity contribution in [3.05, 3.63) is 96.1 Å². The van der Waals surface area contributed by atoms with Gasteiger partial charge in [-0.1, -0.05) is 84.9 Å². The highest BCUT2D eigenvalue weighted by molar-refractivity contribution is 5.85. The van der Waals surface area contributed by atoms with Gasteiger partial charge in [0.2, 0.25) is 5.91 Å². The highest BCUT2D eigenvalue weighted by Gasteiger charge is 2.23. The molecule has 0 aliphatic carbocycles. The second-order valence-electron chi connectivity index (χ2n) is 8.21. The predicted molar refractivity (Wildman–Crippen MR) is 135 cm³/mol. The van der Waals surface area contributed by atoms with Gasteiger partial charge in [-0.3, -0.25) is 4.79 Å². The van der Waals surface area contributed by atoms with E-state index >= 15 is 0 Å². The van der Waals surface area contributed by atoms with Gasteiger partial charge in [-0.25, -0.2) is 9.59 Å². The second-order valence-corrected chi connectivity index (χ2v) is 8.21. The monoisotopic (exact) mass is 490 g/mol. The molecule has 3 rings (SSSR count). The molecule has 8 heteroatoms. The van der Waals surface area contributed by atoms with Crippen molar-refractivity contribution >= 4 is 18.0 Å². The number of methoxy groups -OCH3 is 1. The van der Waals surface area contributed by atoms with E-state index in [0.29, 0.717) is 0 Å². The molecule has 188 valence electrons. The summed E-state index contributed by atoms with van der Waals surface area (Å²) in [7, 11) is 1.25. The second kappa shape index (κ2) is 13.7. The zero-order valence-corrected chi connectivity index (χ0v) is 20.1. The van der Waals surface area contributed by atoms with Gasteiger partial charge in [0, 0.05) is 13.0 Å². The number of amides is 2. The number of carbonyl (C=O) groups is 3. The van der Waals surface area contributed by atoms with Gasteiger partial charge >= 0.3 is 12.1 Å². The molecule has 3 N–H and O–H groups in total. The summed E-state index contributed by atoms with van der Waals surface area (Å²) in [6, 6.07) is 25.8. The summed E-state index contributed by atoms with van der Waals surface area (Å²) < 4.78 is 9.91. The maximum Gasteiger partial charge on any atom is 0.407 e. The van der Waals surface area contributed by atoms with Crippen LogP contribution in [0.1, 0.15) is 17.5 Å². The Kier molecular flexibility index (Phi) is 10.0. The third-order valence-electron chi connectivity index (χ3n) is 5.44. The lowest BCUT2D eigenvalue weighted by Gasteiger charge is -2.18. The Balaban J connectivity index is 1.46. The highest BCUT2D eigenvalue weighted by Crippen LogP contribution is 2.20. The molecule has 2 atom stereocenters. The van der Waals surface area contributed by atoms with E-state index in [4.69, 9.17) is 9.47 Å². The van der Waals surface area contributed by atoms with Crippen LogP contribution in [-0.2, 0) is 32.1 Å². The Hall–Kier alpha value is -4.17. The van der Waals surface area contributed by atoms with Crippen LogP contribution in [0.4, 0.5) is 4.79 Å². The fourth-order valence-corrected chi connectivity index (χ4v) is 3.55. The third kappa shape index (κ3) is 8.56. The molecule has 3 aromatic carbocycles. The molecule has 36 heavy (non-hydrogen) atoms. The molecule has 0 fully saturated rings. The number of aliphatic hydroxyl groups is 1. The van der Waals surface area contributed by atoms with Crippen molar-refractivity contribution in [2.45, 2.75) is 31.6 Å². The van der Waals surface area contributed by atoms with Gasteiger partial charge in [0.25, 0.3) is 0 Å². The first-order valence-corrected chi connectivity index (χ1v) is 11.6. The summed E-state index contributed by atoms with van der Waals surface area (Å²) in [6.45, 7) is -0.0821. The molecule has 0 heterocycles. The summed E-state index contributed by atoms with van der Waals surface area (Å²) in [5.41, 5.74) is 3.79. The van der Waals surface area contributed by atoms with Gasteiger partial charge in [0.1, 0.15) is 12.6 Å². The Bertz CT molecular complexity index is 1120. The molecule has 0 aromatic heterocycles. The number of nitrogens with one attached hydrogen (secondary N) is 2. The number of alkyl carbamates (subject to hydrolysis) is 1. The number of benzene rings is 3. The average molecular weight is 491 g/mol. The zero-order chi connectivity index (χ0) is 25.8. The lowest BCUT2D eigenvalue weighted by molar-refractivity contribution is -0.145. The first-order valence-electron chi connectivity index (χ1n) is 11.6. The van der Waals surface area contributed by atoms with Gasteiger partial charge in [-0.15, -0.1) is 0 Å². The summed E-state index contributed by atoms with van der Waals surface area (Å²) in [4.78, 5) is 36.5. The molecular formula is C28H30N2O6. The highest BCUT2D eigenvalue weighted by atomic mass is 16.5. The van der Waals surface area contributed by atoms with Crippen molar-refractivity contribution in [2.24, 2.45) is 0 Å². The van der Waals surface area contributed by atoms with Crippen LogP contribution in [0.3, 0.4) is 0 Å². The number of esters is 1. The molecule has 3 aromatic rings. The molecule has 0 aliphatic heterocycles. The normalized spacial score (nSPS) is 12.2. The first-order chi connectivity index (χ1) is 17.4. The van der Waals surface area contributed by atoms with E-state index in [-0.39, 0.29) is 26.0 Å². The van der Waals surface area contributed by atoms with Crippen LogP contribution >= 0.6 is 0 Å². The van der Waals surface area contributed by atoms with Crippen molar-refractivity contribution in [3.8, 4) is 11.1 Å². The van der Waals surface area contributed by atoms with E-state index < -0.39 is 30.1 Å². The quantitative estimate of drug-likeness (QED) is 0.356. The summed E-state index contributed by atoms with van der Waals surface area (Å²) in [6.07, 6.45) is -1.94. The molecule has 0 radical (unpaired) electrons. The lowest BCUT2D eigenvalue weighted by Crippen LogP contribution is -2.45. The molecular weight excluding hydrogens is 460 g/mol. The van der Waals surface area contributed by atoms with Crippen molar-refractivity contribution in [1.29, 1.82) is 0 Å². The first kappa shape index (κ1) is 26.4. The zero-order valence-electron chi connectivity index (χ0n) is 20.1. The molecule has 0 saturated heterocycles. The number of hydrogen-bond acceptors (Lipinski definition) is 6. The van der Waals surface area contributed by atoms with E-state index in [2.05, 4.69) is 10.6 Å². The predicted octanol–water partition coefficient (Wildman–Crippen LogP) is 3.23. The van der Waals surface area contributed by atoms with Crippen molar-refractivity contribution < 1.29 is 29.0 Å². The van der Waals surface area contributed by atoms with E-state index in [1.165, 1.54) is 7.11 Å². The lowest BCUT2D eigenvalue weighted by atomic mass is 10.0. The minimum atomic E-state index is -1.15. The molecule has 0 aliphatic rings. The Morgan fingerprint density at radius 3 is 2.08 bits per heavy atom. The number of carbonyl (C=O) groups excluding carboxylic acids is 3. The summed E-state index contributed by atoms with van der Waals surface area (Å²) >= 11 is 0.